The molecule has 7 heteroatoms. The van der Waals surface area contributed by atoms with Gasteiger partial charge in [0.1, 0.15) is 0 Å². The molecule has 1 aliphatic rings. The first-order valence-electron chi connectivity index (χ1n) is 10.3. The fourth-order valence-corrected chi connectivity index (χ4v) is 3.69. The van der Waals surface area contributed by atoms with Gasteiger partial charge in [0.15, 0.2) is 0 Å². The number of carbonyl (C=O) groups excluding carboxylic acids is 1. The minimum atomic E-state index is -0.385. The number of benzene rings is 2. The average Bonchev–Trinajstić information content (AvgIpc) is 2.72. The van der Waals surface area contributed by atoms with Crippen molar-refractivity contribution >= 4 is 17.3 Å². The smallest absolute Gasteiger partial charge is 0.269 e. The molecule has 0 N–H and O–H groups in total. The van der Waals surface area contributed by atoms with E-state index in [4.69, 9.17) is 0 Å². The Bertz CT molecular complexity index is 854. The predicted octanol–water partition coefficient (Wildman–Crippen LogP) is 3.54. The maximum absolute atomic E-state index is 13.1. The van der Waals surface area contributed by atoms with Crippen LogP contribution in [0.3, 0.4) is 0 Å². The summed E-state index contributed by atoms with van der Waals surface area (Å²) in [6, 6.07) is 16.7. The maximum Gasteiger partial charge on any atom is 0.269 e. The molecule has 1 saturated heterocycles. The number of nitro groups is 1. The summed E-state index contributed by atoms with van der Waals surface area (Å²) in [5.41, 5.74) is 1.95. The lowest BCUT2D eigenvalue weighted by Crippen LogP contribution is -2.53. The zero-order valence-corrected chi connectivity index (χ0v) is 18.0. The summed E-state index contributed by atoms with van der Waals surface area (Å²) in [7, 11) is 0. The fraction of sp³-hybridized carbons (Fsp3) is 0.435. The van der Waals surface area contributed by atoms with E-state index in [9.17, 15) is 14.9 Å². The van der Waals surface area contributed by atoms with Crippen molar-refractivity contribution in [3.8, 4) is 0 Å². The molecule has 1 amide bonds. The Morgan fingerprint density at radius 1 is 1.00 bits per heavy atom. The molecule has 0 unspecified atom stereocenters. The van der Waals surface area contributed by atoms with Crippen LogP contribution in [-0.4, -0.2) is 58.9 Å². The third-order valence-corrected chi connectivity index (χ3v) is 5.45. The van der Waals surface area contributed by atoms with Crippen molar-refractivity contribution in [3.05, 3.63) is 70.3 Å². The van der Waals surface area contributed by atoms with Gasteiger partial charge in [0.25, 0.3) is 5.69 Å². The molecule has 30 heavy (non-hydrogen) atoms. The van der Waals surface area contributed by atoms with Crippen LogP contribution in [0, 0.1) is 10.1 Å². The van der Waals surface area contributed by atoms with E-state index in [0.717, 1.165) is 37.4 Å². The first-order valence-corrected chi connectivity index (χ1v) is 10.3. The Labute approximate surface area is 178 Å². The van der Waals surface area contributed by atoms with Gasteiger partial charge in [-0.1, -0.05) is 30.3 Å². The van der Waals surface area contributed by atoms with Gasteiger partial charge in [-0.3, -0.25) is 19.8 Å². The van der Waals surface area contributed by atoms with Gasteiger partial charge in [-0.05, 0) is 38.5 Å². The van der Waals surface area contributed by atoms with Gasteiger partial charge in [-0.15, -0.1) is 0 Å². The van der Waals surface area contributed by atoms with Crippen LogP contribution in [0.4, 0.5) is 11.4 Å². The van der Waals surface area contributed by atoms with Crippen molar-refractivity contribution in [2.45, 2.75) is 32.9 Å². The number of nitro benzene ring substituents is 1. The van der Waals surface area contributed by atoms with Crippen molar-refractivity contribution in [1.29, 1.82) is 0 Å². The summed E-state index contributed by atoms with van der Waals surface area (Å²) < 4.78 is 0. The molecule has 1 aliphatic heterocycles. The molecule has 0 saturated carbocycles. The molecule has 1 fully saturated rings. The van der Waals surface area contributed by atoms with Gasteiger partial charge < -0.3 is 9.80 Å². The molecule has 0 bridgehead atoms. The highest BCUT2D eigenvalue weighted by Gasteiger charge is 2.29. The van der Waals surface area contributed by atoms with Crippen molar-refractivity contribution in [2.75, 3.05) is 37.6 Å². The van der Waals surface area contributed by atoms with E-state index in [1.807, 2.05) is 23.1 Å². The van der Waals surface area contributed by atoms with Crippen molar-refractivity contribution < 1.29 is 9.72 Å². The van der Waals surface area contributed by atoms with E-state index < -0.39 is 0 Å². The van der Waals surface area contributed by atoms with Crippen LogP contribution in [0.2, 0.25) is 0 Å². The highest BCUT2D eigenvalue weighted by Crippen LogP contribution is 2.22. The fourth-order valence-electron chi connectivity index (χ4n) is 3.69. The Kier molecular flexibility index (Phi) is 6.72. The minimum absolute atomic E-state index is 0.101. The normalized spacial score (nSPS) is 15.1. The van der Waals surface area contributed by atoms with Crippen molar-refractivity contribution in [1.82, 2.24) is 9.80 Å². The van der Waals surface area contributed by atoms with Crippen LogP contribution < -0.4 is 4.90 Å². The average molecular weight is 411 g/mol. The zero-order chi connectivity index (χ0) is 21.7. The number of amides is 1. The van der Waals surface area contributed by atoms with E-state index in [2.05, 4.69) is 42.7 Å². The van der Waals surface area contributed by atoms with Crippen molar-refractivity contribution in [2.24, 2.45) is 0 Å². The Hall–Kier alpha value is -2.93. The Balaban J connectivity index is 1.57. The summed E-state index contributed by atoms with van der Waals surface area (Å²) >= 11 is 0. The van der Waals surface area contributed by atoms with E-state index in [1.165, 1.54) is 12.1 Å². The number of carbonyl (C=O) groups is 1. The number of rotatable bonds is 6. The summed E-state index contributed by atoms with van der Waals surface area (Å²) in [4.78, 5) is 29.9. The van der Waals surface area contributed by atoms with Gasteiger partial charge in [0.05, 0.1) is 11.5 Å². The highest BCUT2D eigenvalue weighted by atomic mass is 16.6. The second-order valence-electron chi connectivity index (χ2n) is 8.67. The van der Waals surface area contributed by atoms with Crippen LogP contribution in [0.5, 0.6) is 0 Å². The Morgan fingerprint density at radius 2 is 1.60 bits per heavy atom. The van der Waals surface area contributed by atoms with Crippen LogP contribution in [0.15, 0.2) is 54.6 Å². The molecule has 1 heterocycles. The predicted molar refractivity (Wildman–Crippen MR) is 118 cm³/mol. The van der Waals surface area contributed by atoms with Crippen LogP contribution in [0.1, 0.15) is 26.3 Å². The second-order valence-corrected chi connectivity index (χ2v) is 8.67. The maximum atomic E-state index is 13.1. The summed E-state index contributed by atoms with van der Waals surface area (Å²) in [6.45, 7) is 10.4. The third-order valence-electron chi connectivity index (χ3n) is 5.45. The quantitative estimate of drug-likeness (QED) is 0.538. The largest absolute Gasteiger partial charge is 0.369 e. The number of piperazine rings is 1. The van der Waals surface area contributed by atoms with Gasteiger partial charge in [0.2, 0.25) is 5.91 Å². The standard InChI is InChI=1S/C23H30N4O3/c1-23(2,3)26(17-19-7-5-4-6-8-19)22(28)18-24-13-15-25(16-14-24)20-9-11-21(12-10-20)27(29)30/h4-12H,13-18H2,1-3H3. The molecule has 0 spiro atoms. The number of hydrogen-bond acceptors (Lipinski definition) is 5. The highest BCUT2D eigenvalue weighted by molar-refractivity contribution is 5.79. The van der Waals surface area contributed by atoms with Crippen LogP contribution in [-0.2, 0) is 11.3 Å². The van der Waals surface area contributed by atoms with E-state index in [0.29, 0.717) is 13.1 Å². The molecule has 3 rings (SSSR count). The molecular formula is C23H30N4O3. The molecule has 2 aromatic rings. The number of anilines is 1. The lowest BCUT2D eigenvalue weighted by Gasteiger charge is -2.40. The van der Waals surface area contributed by atoms with Gasteiger partial charge in [-0.25, -0.2) is 0 Å². The molecule has 7 nitrogen and oxygen atoms in total. The van der Waals surface area contributed by atoms with Gasteiger partial charge >= 0.3 is 0 Å². The first-order chi connectivity index (χ1) is 14.2. The van der Waals surface area contributed by atoms with Gasteiger partial charge in [0, 0.05) is 56.1 Å². The SMILES string of the molecule is CC(C)(C)N(Cc1ccccc1)C(=O)CN1CCN(c2ccc([N+](=O)[O-])cc2)CC1. The topological polar surface area (TPSA) is 69.9 Å². The van der Waals surface area contributed by atoms with E-state index >= 15 is 0 Å². The molecule has 0 atom stereocenters. The molecule has 0 aliphatic carbocycles. The van der Waals surface area contributed by atoms with Crippen molar-refractivity contribution in [3.63, 3.8) is 0 Å². The summed E-state index contributed by atoms with van der Waals surface area (Å²) in [5.74, 6) is 0.134. The Morgan fingerprint density at radius 3 is 2.13 bits per heavy atom. The lowest BCUT2D eigenvalue weighted by molar-refractivity contribution is -0.384. The third kappa shape index (κ3) is 5.57. The number of nitrogens with zero attached hydrogens (tertiary/aromatic N) is 4. The summed E-state index contributed by atoms with van der Waals surface area (Å²) in [5, 5.41) is 10.8. The van der Waals surface area contributed by atoms with Crippen LogP contribution >= 0.6 is 0 Å². The minimum Gasteiger partial charge on any atom is -0.369 e. The zero-order valence-electron chi connectivity index (χ0n) is 18.0. The van der Waals surface area contributed by atoms with Gasteiger partial charge in [-0.2, -0.15) is 0 Å². The second kappa shape index (κ2) is 9.26. The molecule has 0 aromatic heterocycles. The summed E-state index contributed by atoms with van der Waals surface area (Å²) in [6.07, 6.45) is 0. The number of non-ortho nitro benzene ring substituents is 1. The lowest BCUT2D eigenvalue weighted by atomic mass is 10.0. The van der Waals surface area contributed by atoms with E-state index in [1.54, 1.807) is 12.1 Å². The molecule has 0 radical (unpaired) electrons. The first kappa shape index (κ1) is 21.8. The number of hydrogen-bond donors (Lipinski definition) is 0. The molecule has 2 aromatic carbocycles. The monoisotopic (exact) mass is 410 g/mol. The molecular weight excluding hydrogens is 380 g/mol. The molecule has 160 valence electrons. The van der Waals surface area contributed by atoms with Crippen LogP contribution in [0.25, 0.3) is 0 Å². The van der Waals surface area contributed by atoms with E-state index in [-0.39, 0.29) is 22.1 Å².